The van der Waals surface area contributed by atoms with Crippen LogP contribution in [0.5, 0.6) is 0 Å². The van der Waals surface area contributed by atoms with E-state index in [0.717, 1.165) is 11.3 Å². The molecule has 0 radical (unpaired) electrons. The zero-order chi connectivity index (χ0) is 14.6. The van der Waals surface area contributed by atoms with Crippen molar-refractivity contribution in [2.75, 3.05) is 7.11 Å². The molecule has 0 bridgehead atoms. The molecule has 19 heavy (non-hydrogen) atoms. The molecule has 0 fully saturated rings. The monoisotopic (exact) mass is 327 g/mol. The Bertz CT molecular complexity index is 542. The van der Waals surface area contributed by atoms with Crippen LogP contribution in [-0.4, -0.2) is 38.7 Å². The maximum atomic E-state index is 12.1. The van der Waals surface area contributed by atoms with Gasteiger partial charge in [-0.15, -0.1) is 11.3 Å². The maximum absolute atomic E-state index is 12.1. The summed E-state index contributed by atoms with van der Waals surface area (Å²) in [5.74, 6) is -1.12. The fraction of sp³-hybridized carbons (Fsp3) is 0.500. The molecule has 0 amide bonds. The number of nitrogens with one attached hydrogen (secondary N) is 1. The lowest BCUT2D eigenvalue weighted by molar-refractivity contribution is -0.138. The van der Waals surface area contributed by atoms with E-state index >= 15 is 0 Å². The average Bonchev–Trinajstić information content (AvgIpc) is 2.73. The van der Waals surface area contributed by atoms with Gasteiger partial charge in [0.2, 0.25) is 10.0 Å². The van der Waals surface area contributed by atoms with E-state index in [1.54, 1.807) is 6.92 Å². The topological polar surface area (TPSA) is 92.7 Å². The molecule has 0 unspecified atom stereocenters. The Morgan fingerprint density at radius 1 is 1.58 bits per heavy atom. The molecule has 0 aliphatic carbocycles. The molecule has 2 N–H and O–H groups in total. The predicted molar refractivity (Wildman–Crippen MR) is 72.2 cm³/mol. The Morgan fingerprint density at radius 3 is 2.63 bits per heavy atom. The molecule has 0 aromatic carbocycles. The van der Waals surface area contributed by atoms with Gasteiger partial charge < -0.3 is 9.84 Å². The summed E-state index contributed by atoms with van der Waals surface area (Å²) in [5.41, 5.74) is 0. The minimum atomic E-state index is -3.86. The summed E-state index contributed by atoms with van der Waals surface area (Å²) < 4.78 is 31.5. The first kappa shape index (κ1) is 16.4. The van der Waals surface area contributed by atoms with Crippen LogP contribution in [0, 0.1) is 0 Å². The number of carbonyl (C=O) groups is 1. The van der Waals surface area contributed by atoms with Gasteiger partial charge >= 0.3 is 5.97 Å². The van der Waals surface area contributed by atoms with Crippen molar-refractivity contribution in [3.8, 4) is 0 Å². The second-order valence-corrected chi connectivity index (χ2v) is 6.68. The number of methoxy groups -OCH3 is 1. The lowest BCUT2D eigenvalue weighted by atomic mass is 10.1. The number of halogens is 1. The van der Waals surface area contributed by atoms with Crippen LogP contribution in [0.15, 0.2) is 15.7 Å². The molecule has 6 nitrogen and oxygen atoms in total. The van der Waals surface area contributed by atoms with Crippen molar-refractivity contribution in [2.45, 2.75) is 30.4 Å². The summed E-state index contributed by atoms with van der Waals surface area (Å²) in [4.78, 5) is 10.7. The number of sulfonamides is 1. The van der Waals surface area contributed by atoms with Crippen LogP contribution in [0.3, 0.4) is 0 Å². The molecule has 0 saturated carbocycles. The van der Waals surface area contributed by atoms with Crippen LogP contribution in [0.4, 0.5) is 0 Å². The lowest BCUT2D eigenvalue weighted by Gasteiger charge is -2.22. The van der Waals surface area contributed by atoms with E-state index in [0.29, 0.717) is 0 Å². The minimum Gasteiger partial charge on any atom is -0.481 e. The lowest BCUT2D eigenvalue weighted by Crippen LogP contribution is -2.44. The highest BCUT2D eigenvalue weighted by atomic mass is 35.5. The third-order valence-electron chi connectivity index (χ3n) is 2.51. The van der Waals surface area contributed by atoms with Gasteiger partial charge in [-0.05, 0) is 6.92 Å². The molecule has 1 aromatic rings. The summed E-state index contributed by atoms with van der Waals surface area (Å²) in [6, 6.07) is -0.872. The van der Waals surface area contributed by atoms with Crippen molar-refractivity contribution in [3.63, 3.8) is 0 Å². The first-order valence-corrected chi connectivity index (χ1v) is 8.07. The number of hydrogen-bond donors (Lipinski definition) is 2. The summed E-state index contributed by atoms with van der Waals surface area (Å²) >= 11 is 6.92. The zero-order valence-electron chi connectivity index (χ0n) is 10.3. The molecule has 1 rings (SSSR count). The summed E-state index contributed by atoms with van der Waals surface area (Å²) in [7, 11) is -2.48. The van der Waals surface area contributed by atoms with Crippen LogP contribution < -0.4 is 4.72 Å². The highest BCUT2D eigenvalue weighted by Gasteiger charge is 2.28. The van der Waals surface area contributed by atoms with E-state index in [4.69, 9.17) is 21.4 Å². The van der Waals surface area contributed by atoms with Gasteiger partial charge in [-0.25, -0.2) is 13.1 Å². The van der Waals surface area contributed by atoms with Crippen molar-refractivity contribution in [3.05, 3.63) is 15.8 Å². The number of aliphatic carboxylic acids is 1. The van der Waals surface area contributed by atoms with Gasteiger partial charge in [0, 0.05) is 17.9 Å². The molecule has 108 valence electrons. The molecule has 0 saturated heterocycles. The quantitative estimate of drug-likeness (QED) is 0.792. The zero-order valence-corrected chi connectivity index (χ0v) is 12.7. The average molecular weight is 328 g/mol. The Hall–Kier alpha value is -0.670. The van der Waals surface area contributed by atoms with Crippen LogP contribution >= 0.6 is 22.9 Å². The SMILES string of the molecule is CO[C@H](C)[C@@H](CC(=O)O)NS(=O)(=O)c1cscc1Cl. The van der Waals surface area contributed by atoms with Crippen LogP contribution in [0.2, 0.25) is 5.02 Å². The summed E-state index contributed by atoms with van der Waals surface area (Å²) in [6.45, 7) is 1.59. The van der Waals surface area contributed by atoms with E-state index in [1.165, 1.54) is 17.9 Å². The number of hydrogen-bond acceptors (Lipinski definition) is 5. The molecule has 0 aliphatic heterocycles. The maximum Gasteiger partial charge on any atom is 0.305 e. The Morgan fingerprint density at radius 2 is 2.21 bits per heavy atom. The molecular formula is C10H14ClNO5S2. The molecular weight excluding hydrogens is 314 g/mol. The third kappa shape index (κ3) is 4.43. The van der Waals surface area contributed by atoms with E-state index in [2.05, 4.69) is 4.72 Å². The van der Waals surface area contributed by atoms with Gasteiger partial charge in [0.25, 0.3) is 0 Å². The van der Waals surface area contributed by atoms with Gasteiger partial charge in [0.1, 0.15) is 4.90 Å². The Balaban J connectivity index is 2.95. The highest BCUT2D eigenvalue weighted by Crippen LogP contribution is 2.25. The number of ether oxygens (including phenoxy) is 1. The largest absolute Gasteiger partial charge is 0.481 e. The molecule has 0 aliphatic rings. The first-order chi connectivity index (χ1) is 8.77. The summed E-state index contributed by atoms with van der Waals surface area (Å²) in [6.07, 6.45) is -0.959. The number of carboxylic acids is 1. The number of carboxylic acid groups (broad SMARTS) is 1. The van der Waals surface area contributed by atoms with Gasteiger partial charge in [-0.3, -0.25) is 4.79 Å². The van der Waals surface area contributed by atoms with Gasteiger partial charge in [0.15, 0.2) is 0 Å². The smallest absolute Gasteiger partial charge is 0.305 e. The van der Waals surface area contributed by atoms with Crippen molar-refractivity contribution < 1.29 is 23.1 Å². The summed E-state index contributed by atoms with van der Waals surface area (Å²) in [5, 5.41) is 11.8. The second-order valence-electron chi connectivity index (χ2n) is 3.85. The number of rotatable bonds is 7. The number of thiophene rings is 1. The predicted octanol–water partition coefficient (Wildman–Crippen LogP) is 1.56. The van der Waals surface area contributed by atoms with Crippen molar-refractivity contribution in [1.82, 2.24) is 4.72 Å². The van der Waals surface area contributed by atoms with Crippen LogP contribution in [0.25, 0.3) is 0 Å². The Kier molecular flexibility index (Phi) is 5.75. The standard InChI is InChI=1S/C10H14ClNO5S2/c1-6(17-2)8(3-10(13)14)12-19(15,16)9-5-18-4-7(9)11/h4-6,8,12H,3H2,1-2H3,(H,13,14)/t6-,8-/m1/s1. The third-order valence-corrected chi connectivity index (χ3v) is 5.49. The van der Waals surface area contributed by atoms with E-state index in [9.17, 15) is 13.2 Å². The normalized spacial score (nSPS) is 15.1. The minimum absolute atomic E-state index is 0.0575. The molecule has 2 atom stereocenters. The highest BCUT2D eigenvalue weighted by molar-refractivity contribution is 7.89. The van der Waals surface area contributed by atoms with Gasteiger partial charge in [-0.1, -0.05) is 11.6 Å². The van der Waals surface area contributed by atoms with E-state index in [-0.39, 0.29) is 16.3 Å². The van der Waals surface area contributed by atoms with Crippen LogP contribution in [-0.2, 0) is 19.6 Å². The van der Waals surface area contributed by atoms with E-state index in [1.807, 2.05) is 0 Å². The second kappa shape index (κ2) is 6.67. The van der Waals surface area contributed by atoms with Crippen molar-refractivity contribution >= 4 is 38.9 Å². The molecule has 1 heterocycles. The van der Waals surface area contributed by atoms with Crippen molar-refractivity contribution in [2.24, 2.45) is 0 Å². The van der Waals surface area contributed by atoms with E-state index < -0.39 is 28.1 Å². The first-order valence-electron chi connectivity index (χ1n) is 5.26. The fourth-order valence-corrected chi connectivity index (χ4v) is 4.39. The molecule has 0 spiro atoms. The molecule has 9 heteroatoms. The van der Waals surface area contributed by atoms with Gasteiger partial charge in [0.05, 0.1) is 23.6 Å². The van der Waals surface area contributed by atoms with Gasteiger partial charge in [-0.2, -0.15) is 0 Å². The Labute approximate surface area is 120 Å². The van der Waals surface area contributed by atoms with Crippen LogP contribution in [0.1, 0.15) is 13.3 Å². The van der Waals surface area contributed by atoms with Crippen molar-refractivity contribution in [1.29, 1.82) is 0 Å². The molecule has 1 aromatic heterocycles. The fourth-order valence-electron chi connectivity index (χ4n) is 1.38.